The fourth-order valence-corrected chi connectivity index (χ4v) is 1.75. The summed E-state index contributed by atoms with van der Waals surface area (Å²) in [6, 6.07) is 0.110. The van der Waals surface area contributed by atoms with Crippen LogP contribution in [-0.4, -0.2) is 40.5 Å². The summed E-state index contributed by atoms with van der Waals surface area (Å²) < 4.78 is 0. The molecule has 1 aliphatic rings. The van der Waals surface area contributed by atoms with Gasteiger partial charge < -0.3 is 0 Å². The lowest BCUT2D eigenvalue weighted by molar-refractivity contribution is -0.824. The first-order chi connectivity index (χ1) is 6.86. The van der Waals surface area contributed by atoms with Crippen molar-refractivity contribution in [3.05, 3.63) is 4.91 Å². The van der Waals surface area contributed by atoms with Gasteiger partial charge in [-0.25, -0.2) is 0 Å². The van der Waals surface area contributed by atoms with E-state index in [4.69, 9.17) is 0 Å². The number of carbonyl (C=O) groups excluding carboxylic acids is 1. The molecule has 15 heavy (non-hydrogen) atoms. The van der Waals surface area contributed by atoms with Gasteiger partial charge in [-0.05, 0) is 24.8 Å². The minimum absolute atomic E-state index is 0.0809. The lowest BCUT2D eigenvalue weighted by atomic mass is 9.93. The average molecular weight is 214 g/mol. The first-order valence-corrected chi connectivity index (χ1v) is 5.37. The fourth-order valence-electron chi connectivity index (χ4n) is 1.75. The van der Waals surface area contributed by atoms with E-state index in [1.165, 1.54) is 7.05 Å². The van der Waals surface area contributed by atoms with E-state index in [-0.39, 0.29) is 23.8 Å². The summed E-state index contributed by atoms with van der Waals surface area (Å²) >= 11 is 0. The first kappa shape index (κ1) is 11.9. The average Bonchev–Trinajstić information content (AvgIpc) is 2.13. The summed E-state index contributed by atoms with van der Waals surface area (Å²) in [5.74, 6) is 0.0920. The SMILES string of the molecule is CC(C)C1CN(C(C)C)[N+](=O)N(C)C1=O. The molecule has 1 unspecified atom stereocenters. The Morgan fingerprint density at radius 1 is 1.33 bits per heavy atom. The van der Waals surface area contributed by atoms with E-state index in [0.717, 1.165) is 5.01 Å². The van der Waals surface area contributed by atoms with E-state index < -0.39 is 0 Å². The summed E-state index contributed by atoms with van der Waals surface area (Å²) in [5, 5.41) is 2.83. The predicted octanol–water partition coefficient (Wildman–Crippen LogP) is 1.05. The number of hydrogen-bond donors (Lipinski definition) is 0. The van der Waals surface area contributed by atoms with Crippen LogP contribution in [0.4, 0.5) is 0 Å². The highest BCUT2D eigenvalue weighted by Crippen LogP contribution is 2.22. The molecule has 1 aliphatic heterocycles. The van der Waals surface area contributed by atoms with Gasteiger partial charge in [-0.3, -0.25) is 4.79 Å². The van der Waals surface area contributed by atoms with Crippen molar-refractivity contribution in [3.8, 4) is 0 Å². The Hall–Kier alpha value is -1.13. The molecule has 1 rings (SSSR count). The van der Waals surface area contributed by atoms with E-state index in [2.05, 4.69) is 0 Å². The zero-order chi connectivity index (χ0) is 11.7. The van der Waals surface area contributed by atoms with Crippen LogP contribution in [0, 0.1) is 16.7 Å². The molecule has 1 atom stereocenters. The van der Waals surface area contributed by atoms with Crippen LogP contribution in [0.3, 0.4) is 0 Å². The van der Waals surface area contributed by atoms with Crippen LogP contribution >= 0.6 is 0 Å². The highest BCUT2D eigenvalue weighted by atomic mass is 16.4. The van der Waals surface area contributed by atoms with Crippen molar-refractivity contribution >= 4 is 5.91 Å². The number of hydrazine groups is 2. The highest BCUT2D eigenvalue weighted by molar-refractivity contribution is 5.78. The van der Waals surface area contributed by atoms with Gasteiger partial charge >= 0.3 is 0 Å². The van der Waals surface area contributed by atoms with Gasteiger partial charge in [0.25, 0.3) is 10.9 Å². The van der Waals surface area contributed by atoms with Crippen LogP contribution in [-0.2, 0) is 4.79 Å². The second-order valence-corrected chi connectivity index (χ2v) is 4.68. The molecular weight excluding hydrogens is 194 g/mol. The Bertz CT molecular complexity index is 250. The number of amides is 1. The molecule has 0 bridgehead atoms. The Morgan fingerprint density at radius 2 is 1.87 bits per heavy atom. The zero-order valence-electron chi connectivity index (χ0n) is 10.1. The van der Waals surface area contributed by atoms with Gasteiger partial charge in [0.2, 0.25) is 0 Å². The number of rotatable bonds is 2. The molecule has 0 spiro atoms. The maximum Gasteiger partial charge on any atom is 0.290 e. The molecule has 5 nitrogen and oxygen atoms in total. The molecule has 1 fully saturated rings. The smallest absolute Gasteiger partial charge is 0.268 e. The van der Waals surface area contributed by atoms with E-state index in [0.29, 0.717) is 11.5 Å². The number of hydrogen-bond acceptors (Lipinski definition) is 2. The minimum Gasteiger partial charge on any atom is -0.268 e. The quantitative estimate of drug-likeness (QED) is 0.645. The van der Waals surface area contributed by atoms with Crippen LogP contribution in [0.2, 0.25) is 0 Å². The second kappa shape index (κ2) is 4.16. The number of nitrogens with zero attached hydrogens (tertiary/aromatic N) is 3. The maximum absolute atomic E-state index is 11.8. The van der Waals surface area contributed by atoms with E-state index in [9.17, 15) is 9.70 Å². The molecule has 1 amide bonds. The molecule has 0 aliphatic carbocycles. The summed E-state index contributed by atoms with van der Waals surface area (Å²) in [6.45, 7) is 8.44. The normalized spacial score (nSPS) is 23.3. The standard InChI is InChI=1S/C10H20N3O2/c1-7(2)9-6-12(8(3)4)13(15)11(5)10(9)14/h7-9H,6H2,1-5H3/q+1. The van der Waals surface area contributed by atoms with Gasteiger partial charge in [-0.1, -0.05) is 13.8 Å². The van der Waals surface area contributed by atoms with E-state index >= 15 is 0 Å². The molecule has 0 aromatic heterocycles. The van der Waals surface area contributed by atoms with Crippen LogP contribution < -0.4 is 0 Å². The third kappa shape index (κ3) is 2.11. The fraction of sp³-hybridized carbons (Fsp3) is 0.900. The molecule has 1 saturated heterocycles. The highest BCUT2D eigenvalue weighted by Gasteiger charge is 2.45. The summed E-state index contributed by atoms with van der Waals surface area (Å²) in [7, 11) is 1.53. The molecular formula is C10H20N3O2+. The summed E-state index contributed by atoms with van der Waals surface area (Å²) in [6.07, 6.45) is 0. The molecule has 0 aromatic carbocycles. The van der Waals surface area contributed by atoms with Crippen molar-refractivity contribution in [3.63, 3.8) is 0 Å². The predicted molar refractivity (Wildman–Crippen MR) is 56.6 cm³/mol. The maximum atomic E-state index is 11.8. The van der Waals surface area contributed by atoms with Crippen molar-refractivity contribution < 1.29 is 9.77 Å². The third-order valence-corrected chi connectivity index (χ3v) is 2.90. The van der Waals surface area contributed by atoms with Crippen LogP contribution in [0.15, 0.2) is 0 Å². The van der Waals surface area contributed by atoms with Crippen molar-refractivity contribution in [2.75, 3.05) is 13.6 Å². The Balaban J connectivity index is 2.90. The largest absolute Gasteiger partial charge is 0.290 e. The topological polar surface area (TPSA) is 43.6 Å². The zero-order valence-corrected chi connectivity index (χ0v) is 10.1. The lowest BCUT2D eigenvalue weighted by Crippen LogP contribution is -2.59. The molecule has 0 radical (unpaired) electrons. The Morgan fingerprint density at radius 3 is 2.27 bits per heavy atom. The molecule has 0 saturated carbocycles. The first-order valence-electron chi connectivity index (χ1n) is 5.37. The molecule has 1 heterocycles. The Kier molecular flexibility index (Phi) is 3.31. The van der Waals surface area contributed by atoms with Crippen molar-refractivity contribution in [2.45, 2.75) is 33.7 Å². The van der Waals surface area contributed by atoms with Crippen LogP contribution in [0.25, 0.3) is 0 Å². The van der Waals surface area contributed by atoms with Crippen LogP contribution in [0.1, 0.15) is 27.7 Å². The van der Waals surface area contributed by atoms with Crippen molar-refractivity contribution in [1.29, 1.82) is 0 Å². The van der Waals surface area contributed by atoms with E-state index in [1.54, 1.807) is 5.01 Å². The number of nitroso groups, excluding NO2 is 1. The number of carbonyl (C=O) groups is 1. The van der Waals surface area contributed by atoms with Gasteiger partial charge in [-0.15, -0.1) is 5.01 Å². The third-order valence-electron chi connectivity index (χ3n) is 2.90. The Labute approximate surface area is 90.5 Å². The summed E-state index contributed by atoms with van der Waals surface area (Å²) in [5.41, 5.74) is 0. The minimum atomic E-state index is -0.0862. The molecule has 0 N–H and O–H groups in total. The van der Waals surface area contributed by atoms with Crippen molar-refractivity contribution in [1.82, 2.24) is 10.0 Å². The van der Waals surface area contributed by atoms with Gasteiger partial charge in [0.1, 0.15) is 0 Å². The molecule has 86 valence electrons. The van der Waals surface area contributed by atoms with Gasteiger partial charge in [0, 0.05) is 0 Å². The van der Waals surface area contributed by atoms with E-state index in [1.807, 2.05) is 27.7 Å². The van der Waals surface area contributed by atoms with Gasteiger partial charge in [0.05, 0.1) is 30.5 Å². The summed E-state index contributed by atoms with van der Waals surface area (Å²) in [4.78, 5) is 24.2. The van der Waals surface area contributed by atoms with Crippen molar-refractivity contribution in [2.24, 2.45) is 11.8 Å². The van der Waals surface area contributed by atoms with Gasteiger partial charge in [-0.2, -0.15) is 0 Å². The molecule has 0 aromatic rings. The van der Waals surface area contributed by atoms with Gasteiger partial charge in [0.15, 0.2) is 0 Å². The van der Waals surface area contributed by atoms with Crippen LogP contribution in [0.5, 0.6) is 0 Å². The second-order valence-electron chi connectivity index (χ2n) is 4.68. The lowest BCUT2D eigenvalue weighted by Gasteiger charge is -2.31. The monoisotopic (exact) mass is 214 g/mol. The molecule has 5 heteroatoms.